The quantitative estimate of drug-likeness (QED) is 0.261. The molecular weight excluding hydrogens is 398 g/mol. The van der Waals surface area contributed by atoms with Crippen LogP contribution in [0.2, 0.25) is 5.02 Å². The molecule has 0 aliphatic carbocycles. The number of hydrogen-bond donors (Lipinski definition) is 3. The summed E-state index contributed by atoms with van der Waals surface area (Å²) in [6, 6.07) is 10.3. The van der Waals surface area contributed by atoms with Gasteiger partial charge in [-0.2, -0.15) is 0 Å². The topological polar surface area (TPSA) is 125 Å². The van der Waals surface area contributed by atoms with Crippen LogP contribution in [0.25, 0.3) is 32.9 Å². The van der Waals surface area contributed by atoms with E-state index in [0.717, 1.165) is 0 Å². The Morgan fingerprint density at radius 1 is 0.931 bits per heavy atom. The number of imide groups is 1. The van der Waals surface area contributed by atoms with Crippen LogP contribution in [0.4, 0.5) is 5.69 Å². The average Bonchev–Trinajstić information content (AvgIpc) is 3.17. The summed E-state index contributed by atoms with van der Waals surface area (Å²) in [5.41, 5.74) is 2.15. The highest BCUT2D eigenvalue weighted by Gasteiger charge is 2.34. The Morgan fingerprint density at radius 3 is 2.41 bits per heavy atom. The first kappa shape index (κ1) is 17.2. The van der Waals surface area contributed by atoms with Crippen LogP contribution in [-0.2, 0) is 0 Å². The van der Waals surface area contributed by atoms with Gasteiger partial charge in [0.25, 0.3) is 17.5 Å². The number of nitro groups is 1. The zero-order chi connectivity index (χ0) is 20.4. The molecule has 0 saturated carbocycles. The van der Waals surface area contributed by atoms with Gasteiger partial charge in [0.2, 0.25) is 0 Å². The van der Waals surface area contributed by atoms with E-state index < -0.39 is 16.7 Å². The average molecular weight is 408 g/mol. The maximum absolute atomic E-state index is 12.6. The molecule has 5 rings (SSSR count). The lowest BCUT2D eigenvalue weighted by atomic mass is 9.92. The third kappa shape index (κ3) is 2.39. The van der Waals surface area contributed by atoms with E-state index in [-0.39, 0.29) is 27.6 Å². The molecule has 142 valence electrons. The number of benzene rings is 3. The van der Waals surface area contributed by atoms with Gasteiger partial charge in [-0.1, -0.05) is 11.6 Å². The van der Waals surface area contributed by atoms with Gasteiger partial charge in [-0.05, 0) is 35.9 Å². The van der Waals surface area contributed by atoms with E-state index in [1.54, 1.807) is 12.1 Å². The third-order valence-corrected chi connectivity index (χ3v) is 5.32. The number of nitrogens with one attached hydrogen (secondary N) is 2. The number of phenols is 1. The molecule has 0 spiro atoms. The molecule has 29 heavy (non-hydrogen) atoms. The molecule has 9 heteroatoms. The number of nitrogens with zero attached hydrogens (tertiary/aromatic N) is 1. The number of non-ortho nitro benzene ring substituents is 1. The monoisotopic (exact) mass is 407 g/mol. The third-order valence-electron chi connectivity index (χ3n) is 5.00. The van der Waals surface area contributed by atoms with Crippen molar-refractivity contribution in [2.75, 3.05) is 0 Å². The molecule has 0 unspecified atom stereocenters. The van der Waals surface area contributed by atoms with Crippen molar-refractivity contribution in [1.29, 1.82) is 0 Å². The van der Waals surface area contributed by atoms with Crippen molar-refractivity contribution in [2.45, 2.75) is 0 Å². The second kappa shape index (κ2) is 5.79. The van der Waals surface area contributed by atoms with Gasteiger partial charge in [-0.3, -0.25) is 25.0 Å². The van der Waals surface area contributed by atoms with Gasteiger partial charge in [-0.15, -0.1) is 0 Å². The number of amides is 2. The van der Waals surface area contributed by atoms with Crippen LogP contribution in [0.3, 0.4) is 0 Å². The zero-order valence-corrected chi connectivity index (χ0v) is 15.2. The van der Waals surface area contributed by atoms with Gasteiger partial charge in [0.05, 0.1) is 21.1 Å². The molecule has 1 aliphatic heterocycles. The molecule has 1 aliphatic rings. The Kier molecular flexibility index (Phi) is 3.44. The van der Waals surface area contributed by atoms with Gasteiger partial charge < -0.3 is 10.1 Å². The second-order valence-electron chi connectivity index (χ2n) is 6.66. The van der Waals surface area contributed by atoms with Gasteiger partial charge in [0.15, 0.2) is 0 Å². The number of carbonyl (C=O) groups excluding carboxylic acids is 2. The van der Waals surface area contributed by atoms with Crippen LogP contribution in [0.15, 0.2) is 42.5 Å². The standard InChI is InChI=1S/C20H10ClN3O5/c21-13-5-8(24(28)29)1-3-10(13)11-7-15-16(18-17(11)19(26)23-20(18)27)12-6-9(25)2-4-14(12)22-15/h1-7,22,25H,(H,23,26,27). The fourth-order valence-corrected chi connectivity index (χ4v) is 4.07. The summed E-state index contributed by atoms with van der Waals surface area (Å²) in [6.07, 6.45) is 0. The Morgan fingerprint density at radius 2 is 1.69 bits per heavy atom. The summed E-state index contributed by atoms with van der Waals surface area (Å²) in [4.78, 5) is 38.8. The second-order valence-corrected chi connectivity index (χ2v) is 7.06. The number of halogens is 1. The molecule has 4 aromatic rings. The van der Waals surface area contributed by atoms with Crippen LogP contribution in [0.1, 0.15) is 20.7 Å². The van der Waals surface area contributed by atoms with Gasteiger partial charge in [-0.25, -0.2) is 0 Å². The van der Waals surface area contributed by atoms with E-state index in [2.05, 4.69) is 10.3 Å². The fraction of sp³-hybridized carbons (Fsp3) is 0. The minimum absolute atomic E-state index is 0.0272. The number of fused-ring (bicyclic) bond motifs is 5. The number of hydrogen-bond acceptors (Lipinski definition) is 5. The highest BCUT2D eigenvalue weighted by Crippen LogP contribution is 2.41. The minimum atomic E-state index is -0.578. The molecule has 0 atom stereocenters. The highest BCUT2D eigenvalue weighted by molar-refractivity contribution is 6.36. The molecule has 8 nitrogen and oxygen atoms in total. The van der Waals surface area contributed by atoms with Crippen molar-refractivity contribution in [3.05, 3.63) is 68.7 Å². The molecule has 1 aromatic heterocycles. The molecule has 2 heterocycles. The number of nitro benzene ring substituents is 1. The SMILES string of the molecule is O=C1NC(=O)c2c1c(-c1ccc([N+](=O)[O-])cc1Cl)cc1[nH]c3ccc(O)cc3c21. The lowest BCUT2D eigenvalue weighted by molar-refractivity contribution is -0.384. The van der Waals surface area contributed by atoms with E-state index in [0.29, 0.717) is 32.9 Å². The first-order valence-electron chi connectivity index (χ1n) is 8.46. The summed E-state index contributed by atoms with van der Waals surface area (Å²) >= 11 is 6.28. The lowest BCUT2D eigenvalue weighted by Gasteiger charge is -2.10. The maximum Gasteiger partial charge on any atom is 0.270 e. The largest absolute Gasteiger partial charge is 0.508 e. The van der Waals surface area contributed by atoms with E-state index in [1.165, 1.54) is 30.3 Å². The molecular formula is C20H10ClN3O5. The van der Waals surface area contributed by atoms with E-state index in [4.69, 9.17) is 11.6 Å². The number of rotatable bonds is 2. The number of phenolic OH excluding ortho intramolecular Hbond substituents is 1. The van der Waals surface area contributed by atoms with E-state index >= 15 is 0 Å². The van der Waals surface area contributed by atoms with Crippen molar-refractivity contribution in [3.63, 3.8) is 0 Å². The first-order chi connectivity index (χ1) is 13.8. The van der Waals surface area contributed by atoms with Crippen molar-refractivity contribution in [2.24, 2.45) is 0 Å². The van der Waals surface area contributed by atoms with Crippen LogP contribution in [0.5, 0.6) is 5.75 Å². The zero-order valence-electron chi connectivity index (χ0n) is 14.4. The summed E-state index contributed by atoms with van der Waals surface area (Å²) in [6.45, 7) is 0. The lowest BCUT2D eigenvalue weighted by Crippen LogP contribution is -2.20. The normalized spacial score (nSPS) is 13.1. The number of aromatic nitrogens is 1. The summed E-state index contributed by atoms with van der Waals surface area (Å²) in [7, 11) is 0. The molecule has 2 amide bonds. The maximum atomic E-state index is 12.6. The van der Waals surface area contributed by atoms with Crippen molar-refractivity contribution in [3.8, 4) is 16.9 Å². The summed E-state index contributed by atoms with van der Waals surface area (Å²) in [5.74, 6) is -1.11. The van der Waals surface area contributed by atoms with E-state index in [9.17, 15) is 24.8 Å². The minimum Gasteiger partial charge on any atom is -0.508 e. The molecule has 3 aromatic carbocycles. The van der Waals surface area contributed by atoms with Gasteiger partial charge in [0.1, 0.15) is 5.75 Å². The Labute approximate surface area is 166 Å². The molecule has 0 fully saturated rings. The van der Waals surface area contributed by atoms with Crippen LogP contribution in [-0.4, -0.2) is 26.8 Å². The Balaban J connectivity index is 1.90. The number of carbonyl (C=O) groups is 2. The highest BCUT2D eigenvalue weighted by atomic mass is 35.5. The van der Waals surface area contributed by atoms with Gasteiger partial charge >= 0.3 is 0 Å². The van der Waals surface area contributed by atoms with E-state index in [1.807, 2.05) is 0 Å². The molecule has 0 saturated heterocycles. The Hall–Kier alpha value is -3.91. The first-order valence-corrected chi connectivity index (χ1v) is 8.84. The fourth-order valence-electron chi connectivity index (χ4n) is 3.79. The van der Waals surface area contributed by atoms with Crippen LogP contribution >= 0.6 is 11.6 Å². The predicted octanol–water partition coefficient (Wildman–Crippen LogP) is 4.14. The molecule has 0 bridgehead atoms. The summed E-state index contributed by atoms with van der Waals surface area (Å²) in [5, 5.41) is 24.3. The number of H-pyrrole nitrogens is 1. The molecule has 3 N–H and O–H groups in total. The van der Waals surface area contributed by atoms with Crippen LogP contribution < -0.4 is 5.32 Å². The van der Waals surface area contributed by atoms with Crippen molar-refractivity contribution in [1.82, 2.24) is 10.3 Å². The van der Waals surface area contributed by atoms with Crippen molar-refractivity contribution < 1.29 is 19.6 Å². The van der Waals surface area contributed by atoms with Crippen LogP contribution in [0, 0.1) is 10.1 Å². The number of aromatic hydroxyl groups is 1. The Bertz CT molecular complexity index is 1420. The number of aromatic amines is 1. The van der Waals surface area contributed by atoms with Crippen molar-refractivity contribution >= 4 is 50.9 Å². The van der Waals surface area contributed by atoms with Gasteiger partial charge in [0, 0.05) is 39.5 Å². The smallest absolute Gasteiger partial charge is 0.270 e. The summed E-state index contributed by atoms with van der Waals surface area (Å²) < 4.78 is 0. The molecule has 0 radical (unpaired) electrons. The predicted molar refractivity (Wildman–Crippen MR) is 106 cm³/mol.